The van der Waals surface area contributed by atoms with Crippen LogP contribution in [0.4, 0.5) is 20.6 Å². The zero-order valence-electron chi connectivity index (χ0n) is 18.7. The third kappa shape index (κ3) is 7.40. The lowest BCUT2D eigenvalue weighted by Crippen LogP contribution is -2.47. The van der Waals surface area contributed by atoms with Gasteiger partial charge in [-0.05, 0) is 54.4 Å². The van der Waals surface area contributed by atoms with Gasteiger partial charge in [-0.25, -0.2) is 9.18 Å². The summed E-state index contributed by atoms with van der Waals surface area (Å²) in [6, 6.07) is 14.5. The normalized spacial score (nSPS) is 11.2. The molecule has 3 aromatic rings. The van der Waals surface area contributed by atoms with Crippen molar-refractivity contribution in [3.63, 3.8) is 0 Å². The van der Waals surface area contributed by atoms with E-state index in [9.17, 15) is 18.8 Å². The molecule has 9 heteroatoms. The van der Waals surface area contributed by atoms with Gasteiger partial charge in [0.2, 0.25) is 5.91 Å². The smallest absolute Gasteiger partial charge is 0.315 e. The average molecular weight is 464 g/mol. The zero-order chi connectivity index (χ0) is 24.3. The Morgan fingerprint density at radius 2 is 1.62 bits per heavy atom. The van der Waals surface area contributed by atoms with Crippen molar-refractivity contribution in [2.75, 3.05) is 10.6 Å². The van der Waals surface area contributed by atoms with Gasteiger partial charge in [-0.15, -0.1) is 0 Å². The maximum atomic E-state index is 13.0. The first-order valence-corrected chi connectivity index (χ1v) is 10.9. The van der Waals surface area contributed by atoms with Crippen LogP contribution in [0.1, 0.15) is 35.7 Å². The Labute approximate surface area is 197 Å². The number of rotatable bonds is 9. The first-order valence-electron chi connectivity index (χ1n) is 10.9. The summed E-state index contributed by atoms with van der Waals surface area (Å²) in [4.78, 5) is 41.4. The highest BCUT2D eigenvalue weighted by Gasteiger charge is 2.20. The van der Waals surface area contributed by atoms with Gasteiger partial charge in [0, 0.05) is 35.9 Å². The van der Waals surface area contributed by atoms with Crippen molar-refractivity contribution in [3.8, 4) is 0 Å². The molecule has 3 rings (SSSR count). The molecule has 2 aromatic carbocycles. The van der Waals surface area contributed by atoms with E-state index in [4.69, 9.17) is 0 Å². The van der Waals surface area contributed by atoms with E-state index < -0.39 is 12.1 Å². The topological polar surface area (TPSA) is 112 Å². The van der Waals surface area contributed by atoms with Crippen molar-refractivity contribution in [3.05, 3.63) is 90.0 Å². The fourth-order valence-electron chi connectivity index (χ4n) is 3.16. The van der Waals surface area contributed by atoms with Crippen LogP contribution in [0, 0.1) is 5.82 Å². The molecule has 1 unspecified atom stereocenters. The fourth-order valence-corrected chi connectivity index (χ4v) is 3.16. The van der Waals surface area contributed by atoms with Crippen molar-refractivity contribution in [1.82, 2.24) is 15.6 Å². The molecule has 0 aliphatic carbocycles. The predicted molar refractivity (Wildman–Crippen MR) is 128 cm³/mol. The second-order valence-corrected chi connectivity index (χ2v) is 7.55. The Morgan fingerprint density at radius 3 is 2.29 bits per heavy atom. The Kier molecular flexibility index (Phi) is 8.67. The highest BCUT2D eigenvalue weighted by Crippen LogP contribution is 2.17. The minimum absolute atomic E-state index is 0.200. The Bertz CT molecular complexity index is 1120. The third-order valence-electron chi connectivity index (χ3n) is 4.90. The number of carbonyl (C=O) groups excluding carboxylic acids is 3. The molecule has 34 heavy (non-hydrogen) atoms. The third-order valence-corrected chi connectivity index (χ3v) is 4.90. The second kappa shape index (κ2) is 12.1. The van der Waals surface area contributed by atoms with Crippen molar-refractivity contribution in [1.29, 1.82) is 0 Å². The number of urea groups is 1. The van der Waals surface area contributed by atoms with Crippen molar-refractivity contribution in [2.45, 2.75) is 32.4 Å². The average Bonchev–Trinajstić information content (AvgIpc) is 2.84. The SMILES string of the molecule is CCCC(NC(=O)NCc1ccc(F)cc1)C(=O)Nc1cccc(NC(=O)c2ccncc2)c1. The van der Waals surface area contributed by atoms with E-state index in [1.807, 2.05) is 6.92 Å². The van der Waals surface area contributed by atoms with Crippen LogP contribution in [-0.4, -0.2) is 28.9 Å². The van der Waals surface area contributed by atoms with Gasteiger partial charge in [0.15, 0.2) is 0 Å². The lowest BCUT2D eigenvalue weighted by Gasteiger charge is -2.18. The molecule has 0 fully saturated rings. The summed E-state index contributed by atoms with van der Waals surface area (Å²) in [6.07, 6.45) is 4.18. The molecule has 0 saturated carbocycles. The molecule has 176 valence electrons. The van der Waals surface area contributed by atoms with Crippen LogP contribution in [0.2, 0.25) is 0 Å². The Hall–Kier alpha value is -4.27. The van der Waals surface area contributed by atoms with Crippen molar-refractivity contribution in [2.24, 2.45) is 0 Å². The van der Waals surface area contributed by atoms with E-state index in [-0.39, 0.29) is 24.2 Å². The van der Waals surface area contributed by atoms with Gasteiger partial charge in [0.1, 0.15) is 11.9 Å². The standard InChI is InChI=1S/C25H26FN5O3/c1-2-4-22(31-25(34)28-16-17-7-9-19(26)10-8-17)24(33)30-21-6-3-5-20(15-21)29-23(32)18-11-13-27-14-12-18/h3,5-15,22H,2,4,16H2,1H3,(H,29,32)(H,30,33)(H2,28,31,34). The molecule has 4 N–H and O–H groups in total. The van der Waals surface area contributed by atoms with E-state index in [2.05, 4.69) is 26.3 Å². The minimum atomic E-state index is -0.756. The zero-order valence-corrected chi connectivity index (χ0v) is 18.7. The maximum Gasteiger partial charge on any atom is 0.315 e. The number of hydrogen-bond donors (Lipinski definition) is 4. The summed E-state index contributed by atoms with van der Waals surface area (Å²) in [5, 5.41) is 10.9. The molecule has 0 saturated heterocycles. The van der Waals surface area contributed by atoms with Crippen molar-refractivity contribution >= 4 is 29.2 Å². The summed E-state index contributed by atoms with van der Waals surface area (Å²) in [6.45, 7) is 2.11. The van der Waals surface area contributed by atoms with E-state index in [1.54, 1.807) is 48.5 Å². The van der Waals surface area contributed by atoms with Crippen LogP contribution < -0.4 is 21.3 Å². The van der Waals surface area contributed by atoms with Crippen LogP contribution in [0.25, 0.3) is 0 Å². The minimum Gasteiger partial charge on any atom is -0.334 e. The summed E-state index contributed by atoms with van der Waals surface area (Å²) in [5.41, 5.74) is 2.19. The molecule has 0 spiro atoms. The summed E-state index contributed by atoms with van der Waals surface area (Å²) >= 11 is 0. The Morgan fingerprint density at radius 1 is 0.941 bits per heavy atom. The van der Waals surface area contributed by atoms with E-state index in [0.717, 1.165) is 5.56 Å². The van der Waals surface area contributed by atoms with Gasteiger partial charge >= 0.3 is 6.03 Å². The van der Waals surface area contributed by atoms with Crippen LogP contribution >= 0.6 is 0 Å². The summed E-state index contributed by atoms with van der Waals surface area (Å²) < 4.78 is 13.0. The van der Waals surface area contributed by atoms with Gasteiger partial charge in [-0.2, -0.15) is 0 Å². The first kappa shape index (κ1) is 24.4. The van der Waals surface area contributed by atoms with Gasteiger partial charge in [-0.1, -0.05) is 31.5 Å². The lowest BCUT2D eigenvalue weighted by atomic mass is 10.1. The molecule has 0 aliphatic rings. The maximum absolute atomic E-state index is 13.0. The predicted octanol–water partition coefficient (Wildman–Crippen LogP) is 4.08. The van der Waals surface area contributed by atoms with Gasteiger partial charge in [-0.3, -0.25) is 14.6 Å². The highest BCUT2D eigenvalue weighted by molar-refractivity contribution is 6.04. The highest BCUT2D eigenvalue weighted by atomic mass is 19.1. The molecule has 1 atom stereocenters. The lowest BCUT2D eigenvalue weighted by molar-refractivity contribution is -0.118. The number of anilines is 2. The number of halogens is 1. The molecule has 8 nitrogen and oxygen atoms in total. The molecular weight excluding hydrogens is 437 g/mol. The number of hydrogen-bond acceptors (Lipinski definition) is 4. The number of carbonyl (C=O) groups is 3. The Balaban J connectivity index is 1.57. The van der Waals surface area contributed by atoms with Crippen molar-refractivity contribution < 1.29 is 18.8 Å². The molecule has 1 heterocycles. The van der Waals surface area contributed by atoms with Gasteiger partial charge in [0.05, 0.1) is 0 Å². The van der Waals surface area contributed by atoms with Crippen LogP contribution in [0.3, 0.4) is 0 Å². The molecule has 0 bridgehead atoms. The summed E-state index contributed by atoms with van der Waals surface area (Å²) in [5.74, 6) is -1.03. The number of aromatic nitrogens is 1. The molecule has 4 amide bonds. The van der Waals surface area contributed by atoms with E-state index in [1.165, 1.54) is 24.5 Å². The molecule has 0 aliphatic heterocycles. The molecule has 0 radical (unpaired) electrons. The summed E-state index contributed by atoms with van der Waals surface area (Å²) in [7, 11) is 0. The van der Waals surface area contributed by atoms with Crippen LogP contribution in [-0.2, 0) is 11.3 Å². The number of pyridine rings is 1. The number of amides is 4. The number of benzene rings is 2. The van der Waals surface area contributed by atoms with Gasteiger partial charge < -0.3 is 21.3 Å². The van der Waals surface area contributed by atoms with E-state index in [0.29, 0.717) is 29.8 Å². The van der Waals surface area contributed by atoms with E-state index >= 15 is 0 Å². The fraction of sp³-hybridized carbons (Fsp3) is 0.200. The van der Waals surface area contributed by atoms with Crippen LogP contribution in [0.5, 0.6) is 0 Å². The molecular formula is C25H26FN5O3. The molecule has 1 aromatic heterocycles. The number of nitrogens with zero attached hydrogens (tertiary/aromatic N) is 1. The van der Waals surface area contributed by atoms with Gasteiger partial charge in [0.25, 0.3) is 5.91 Å². The first-order chi connectivity index (χ1) is 16.4. The number of nitrogens with one attached hydrogen (secondary N) is 4. The van der Waals surface area contributed by atoms with Crippen LogP contribution in [0.15, 0.2) is 73.1 Å². The quantitative estimate of drug-likeness (QED) is 0.383. The monoisotopic (exact) mass is 463 g/mol. The largest absolute Gasteiger partial charge is 0.334 e. The second-order valence-electron chi connectivity index (χ2n) is 7.55.